The van der Waals surface area contributed by atoms with Crippen LogP contribution in [0.5, 0.6) is 11.5 Å². The molecule has 0 saturated heterocycles. The van der Waals surface area contributed by atoms with Crippen molar-refractivity contribution >= 4 is 0 Å². The lowest BCUT2D eigenvalue weighted by molar-refractivity contribution is 0.199. The second kappa shape index (κ2) is 6.59. The van der Waals surface area contributed by atoms with Crippen molar-refractivity contribution < 1.29 is 19.0 Å². The van der Waals surface area contributed by atoms with Crippen molar-refractivity contribution in [1.82, 2.24) is 0 Å². The minimum Gasteiger partial charge on any atom is -0.494 e. The number of halogens is 1. The van der Waals surface area contributed by atoms with Gasteiger partial charge in [-0.1, -0.05) is 18.2 Å². The van der Waals surface area contributed by atoms with Gasteiger partial charge in [-0.2, -0.15) is 0 Å². The molecule has 112 valence electrons. The third kappa shape index (κ3) is 3.52. The van der Waals surface area contributed by atoms with E-state index in [0.717, 1.165) is 11.1 Å². The van der Waals surface area contributed by atoms with Crippen molar-refractivity contribution in [1.29, 1.82) is 0 Å². The minimum atomic E-state index is -0.520. The molecule has 0 bridgehead atoms. The number of hydrogen-bond donors (Lipinski definition) is 1. The van der Waals surface area contributed by atoms with Crippen LogP contribution in [0.4, 0.5) is 4.39 Å². The molecular formula is C17H19FO3. The highest BCUT2D eigenvalue weighted by atomic mass is 19.1. The molecule has 0 heterocycles. The van der Waals surface area contributed by atoms with Crippen molar-refractivity contribution in [3.8, 4) is 11.5 Å². The average Bonchev–Trinajstić information content (AvgIpc) is 2.47. The molecule has 0 amide bonds. The lowest BCUT2D eigenvalue weighted by Gasteiger charge is -2.13. The van der Waals surface area contributed by atoms with Crippen LogP contribution in [0.25, 0.3) is 0 Å². The Bertz CT molecular complexity index is 623. The maximum absolute atomic E-state index is 14.0. The van der Waals surface area contributed by atoms with E-state index in [4.69, 9.17) is 9.47 Å². The van der Waals surface area contributed by atoms with Crippen molar-refractivity contribution in [2.75, 3.05) is 7.11 Å². The van der Waals surface area contributed by atoms with Gasteiger partial charge in [-0.15, -0.1) is 0 Å². The summed E-state index contributed by atoms with van der Waals surface area (Å²) in [6.07, 6.45) is -0.520. The Labute approximate surface area is 124 Å². The molecule has 0 saturated carbocycles. The summed E-state index contributed by atoms with van der Waals surface area (Å²) in [5.74, 6) is 0.470. The van der Waals surface area contributed by atoms with Gasteiger partial charge < -0.3 is 14.6 Å². The highest BCUT2D eigenvalue weighted by Crippen LogP contribution is 2.25. The summed E-state index contributed by atoms with van der Waals surface area (Å²) < 4.78 is 24.6. The van der Waals surface area contributed by atoms with E-state index < -0.39 is 11.9 Å². The first-order valence-electron chi connectivity index (χ1n) is 6.75. The van der Waals surface area contributed by atoms with E-state index in [1.807, 2.05) is 13.0 Å². The Kier molecular flexibility index (Phi) is 4.81. The summed E-state index contributed by atoms with van der Waals surface area (Å²) in [4.78, 5) is 0. The summed E-state index contributed by atoms with van der Waals surface area (Å²) in [6.45, 7) is 3.72. The van der Waals surface area contributed by atoms with E-state index in [-0.39, 0.29) is 12.4 Å². The predicted molar refractivity (Wildman–Crippen MR) is 79.1 cm³/mol. The van der Waals surface area contributed by atoms with Crippen LogP contribution in [0, 0.1) is 12.7 Å². The molecule has 3 nitrogen and oxygen atoms in total. The number of hydrogen-bond acceptors (Lipinski definition) is 3. The smallest absolute Gasteiger partial charge is 0.171 e. The molecule has 1 atom stereocenters. The van der Waals surface area contributed by atoms with Gasteiger partial charge in [0.15, 0.2) is 11.6 Å². The molecule has 0 spiro atoms. The fourth-order valence-corrected chi connectivity index (χ4v) is 2.08. The van der Waals surface area contributed by atoms with Crippen LogP contribution >= 0.6 is 0 Å². The summed E-state index contributed by atoms with van der Waals surface area (Å²) in [5.41, 5.74) is 2.16. The Morgan fingerprint density at radius 1 is 1.19 bits per heavy atom. The maximum Gasteiger partial charge on any atom is 0.171 e. The third-order valence-corrected chi connectivity index (χ3v) is 3.33. The minimum absolute atomic E-state index is 0.123. The van der Waals surface area contributed by atoms with Crippen molar-refractivity contribution in [2.24, 2.45) is 0 Å². The number of rotatable bonds is 5. The second-order valence-electron chi connectivity index (χ2n) is 4.92. The van der Waals surface area contributed by atoms with Crippen LogP contribution in [-0.2, 0) is 6.61 Å². The SMILES string of the molecule is COc1cccc(COc2ccc(C(C)O)cc2C)c1F. The molecule has 2 rings (SSSR count). The van der Waals surface area contributed by atoms with E-state index in [1.54, 1.807) is 37.3 Å². The molecule has 0 aliphatic carbocycles. The first-order valence-corrected chi connectivity index (χ1v) is 6.75. The van der Waals surface area contributed by atoms with Gasteiger partial charge in [0.1, 0.15) is 12.4 Å². The number of aliphatic hydroxyl groups excluding tert-OH is 1. The lowest BCUT2D eigenvalue weighted by Crippen LogP contribution is -2.02. The largest absolute Gasteiger partial charge is 0.494 e. The quantitative estimate of drug-likeness (QED) is 0.911. The highest BCUT2D eigenvalue weighted by Gasteiger charge is 2.10. The lowest BCUT2D eigenvalue weighted by atomic mass is 10.1. The molecule has 0 aromatic heterocycles. The molecule has 1 unspecified atom stereocenters. The van der Waals surface area contributed by atoms with Gasteiger partial charge in [-0.25, -0.2) is 4.39 Å². The Balaban J connectivity index is 2.13. The molecular weight excluding hydrogens is 271 g/mol. The standard InChI is InChI=1S/C17H19FO3/c1-11-9-13(12(2)19)7-8-15(11)21-10-14-5-4-6-16(20-3)17(14)18/h4-9,12,19H,10H2,1-3H3. The topological polar surface area (TPSA) is 38.7 Å². The molecule has 0 fully saturated rings. The van der Waals surface area contributed by atoms with E-state index >= 15 is 0 Å². The van der Waals surface area contributed by atoms with Crippen LogP contribution in [0.2, 0.25) is 0 Å². The van der Waals surface area contributed by atoms with Crippen LogP contribution in [-0.4, -0.2) is 12.2 Å². The predicted octanol–water partition coefficient (Wildman–Crippen LogP) is 3.78. The van der Waals surface area contributed by atoms with Crippen LogP contribution in [0.15, 0.2) is 36.4 Å². The Morgan fingerprint density at radius 2 is 1.95 bits per heavy atom. The molecule has 2 aromatic rings. The monoisotopic (exact) mass is 290 g/mol. The van der Waals surface area contributed by atoms with E-state index in [9.17, 15) is 9.50 Å². The fraction of sp³-hybridized carbons (Fsp3) is 0.294. The van der Waals surface area contributed by atoms with E-state index in [1.165, 1.54) is 7.11 Å². The zero-order valence-corrected chi connectivity index (χ0v) is 12.4. The van der Waals surface area contributed by atoms with Gasteiger partial charge in [0.2, 0.25) is 0 Å². The molecule has 21 heavy (non-hydrogen) atoms. The molecule has 1 N–H and O–H groups in total. The van der Waals surface area contributed by atoms with Gasteiger partial charge in [0.05, 0.1) is 13.2 Å². The summed E-state index contributed by atoms with van der Waals surface area (Å²) in [6, 6.07) is 10.4. The van der Waals surface area contributed by atoms with Gasteiger partial charge in [0, 0.05) is 5.56 Å². The van der Waals surface area contributed by atoms with E-state index in [2.05, 4.69) is 0 Å². The molecule has 0 radical (unpaired) electrons. The Morgan fingerprint density at radius 3 is 2.57 bits per heavy atom. The first kappa shape index (κ1) is 15.3. The van der Waals surface area contributed by atoms with Gasteiger partial charge in [-0.05, 0) is 43.2 Å². The molecule has 4 heteroatoms. The average molecular weight is 290 g/mol. The van der Waals surface area contributed by atoms with Crippen LogP contribution in [0.1, 0.15) is 29.7 Å². The van der Waals surface area contributed by atoms with Gasteiger partial charge in [0.25, 0.3) is 0 Å². The molecule has 0 aliphatic rings. The summed E-state index contributed by atoms with van der Waals surface area (Å²) in [7, 11) is 1.43. The Hall–Kier alpha value is -2.07. The van der Waals surface area contributed by atoms with Crippen molar-refractivity contribution in [2.45, 2.75) is 26.6 Å². The van der Waals surface area contributed by atoms with Crippen LogP contribution < -0.4 is 9.47 Å². The number of aliphatic hydroxyl groups is 1. The highest BCUT2D eigenvalue weighted by molar-refractivity contribution is 5.37. The zero-order valence-electron chi connectivity index (χ0n) is 12.4. The van der Waals surface area contributed by atoms with Gasteiger partial charge in [-0.3, -0.25) is 0 Å². The number of aryl methyl sites for hydroxylation is 1. The fourth-order valence-electron chi connectivity index (χ4n) is 2.08. The third-order valence-electron chi connectivity index (χ3n) is 3.33. The van der Waals surface area contributed by atoms with Crippen molar-refractivity contribution in [3.05, 3.63) is 58.9 Å². The number of methoxy groups -OCH3 is 1. The number of ether oxygens (including phenoxy) is 2. The molecule has 0 aliphatic heterocycles. The summed E-state index contributed by atoms with van der Waals surface area (Å²) >= 11 is 0. The van der Waals surface area contributed by atoms with Crippen LogP contribution in [0.3, 0.4) is 0 Å². The first-order chi connectivity index (χ1) is 10.0. The molecule has 2 aromatic carbocycles. The summed E-state index contributed by atoms with van der Waals surface area (Å²) in [5, 5.41) is 9.54. The zero-order chi connectivity index (χ0) is 15.4. The van der Waals surface area contributed by atoms with Crippen molar-refractivity contribution in [3.63, 3.8) is 0 Å². The maximum atomic E-state index is 14.0. The van der Waals surface area contributed by atoms with Gasteiger partial charge >= 0.3 is 0 Å². The normalized spacial score (nSPS) is 12.0. The second-order valence-corrected chi connectivity index (χ2v) is 4.92. The van der Waals surface area contributed by atoms with E-state index in [0.29, 0.717) is 11.3 Å². The number of benzene rings is 2.